The summed E-state index contributed by atoms with van der Waals surface area (Å²) in [7, 11) is -2.93. The first-order valence-corrected chi connectivity index (χ1v) is 13.2. The van der Waals surface area contributed by atoms with Crippen molar-refractivity contribution in [3.05, 3.63) is 54.1 Å². The summed E-state index contributed by atoms with van der Waals surface area (Å²) in [4.78, 5) is 18.2. The van der Waals surface area contributed by atoms with Gasteiger partial charge in [0.15, 0.2) is 0 Å². The number of sulfone groups is 1. The number of hydrogen-bond acceptors (Lipinski definition) is 6. The van der Waals surface area contributed by atoms with Crippen molar-refractivity contribution in [3.63, 3.8) is 0 Å². The van der Waals surface area contributed by atoms with Crippen LogP contribution >= 0.6 is 0 Å². The number of nitrogens with zero attached hydrogens (tertiary/aromatic N) is 4. The molecule has 1 aromatic carbocycles. The number of benzene rings is 1. The van der Waals surface area contributed by atoms with E-state index in [0.29, 0.717) is 31.7 Å². The second-order valence-electron chi connectivity index (χ2n) is 8.86. The molecular weight excluding hydrogens is 457 g/mol. The van der Waals surface area contributed by atoms with Gasteiger partial charge in [-0.1, -0.05) is 0 Å². The minimum absolute atomic E-state index is 0.209. The summed E-state index contributed by atoms with van der Waals surface area (Å²) in [5.41, 5.74) is 4.31. The van der Waals surface area contributed by atoms with E-state index < -0.39 is 9.84 Å². The lowest BCUT2D eigenvalue weighted by atomic mass is 9.98. The van der Waals surface area contributed by atoms with Crippen molar-refractivity contribution in [2.75, 3.05) is 23.4 Å². The first-order valence-electron chi connectivity index (χ1n) is 11.3. The summed E-state index contributed by atoms with van der Waals surface area (Å²) < 4.78 is 39.4. The first kappa shape index (κ1) is 22.7. The predicted molar refractivity (Wildman–Crippen MR) is 127 cm³/mol. The van der Waals surface area contributed by atoms with Gasteiger partial charge in [-0.2, -0.15) is 5.10 Å². The highest BCUT2D eigenvalue weighted by molar-refractivity contribution is 7.91. The molecule has 1 fully saturated rings. The normalized spacial score (nSPS) is 18.4. The molecular formula is C24H26FN5O3S. The number of rotatable bonds is 4. The maximum atomic E-state index is 13.6. The Hall–Kier alpha value is -3.11. The Balaban J connectivity index is 1.56. The van der Waals surface area contributed by atoms with Crippen molar-refractivity contribution < 1.29 is 17.6 Å². The number of aromatic nitrogens is 3. The van der Waals surface area contributed by atoms with Crippen molar-refractivity contribution in [2.45, 2.75) is 38.9 Å². The molecule has 1 N–H and O–H groups in total. The lowest BCUT2D eigenvalue weighted by Gasteiger charge is -2.37. The molecule has 8 nitrogen and oxygen atoms in total. The topological polar surface area (TPSA) is 97.2 Å². The van der Waals surface area contributed by atoms with Crippen LogP contribution in [0.3, 0.4) is 0 Å². The zero-order chi connectivity index (χ0) is 23.9. The van der Waals surface area contributed by atoms with Gasteiger partial charge in [-0.3, -0.25) is 14.4 Å². The molecule has 2 aliphatic heterocycles. The Morgan fingerprint density at radius 1 is 1.09 bits per heavy atom. The Morgan fingerprint density at radius 2 is 1.82 bits per heavy atom. The second-order valence-corrected chi connectivity index (χ2v) is 11.2. The third-order valence-corrected chi connectivity index (χ3v) is 8.24. The summed E-state index contributed by atoms with van der Waals surface area (Å²) >= 11 is 0. The van der Waals surface area contributed by atoms with Crippen molar-refractivity contribution in [1.29, 1.82) is 0 Å². The lowest BCUT2D eigenvalue weighted by Crippen LogP contribution is -2.45. The molecule has 0 bridgehead atoms. The molecule has 10 heteroatoms. The Bertz CT molecular complexity index is 1320. The summed E-state index contributed by atoms with van der Waals surface area (Å²) in [6, 6.07) is 10.2. The van der Waals surface area contributed by atoms with Crippen LogP contribution in [0.5, 0.6) is 0 Å². The number of halogens is 1. The van der Waals surface area contributed by atoms with Crippen molar-refractivity contribution in [1.82, 2.24) is 19.7 Å². The van der Waals surface area contributed by atoms with Gasteiger partial charge < -0.3 is 5.32 Å². The SMILES string of the molecule is CC(=O)Nc1cc(-c2c(-c3ccc(F)cc3)nn3c2CN(C2CCS(=O)(=O)CC2)CC3)ccn1. The average Bonchev–Trinajstić information content (AvgIpc) is 3.18. The van der Waals surface area contributed by atoms with Gasteiger partial charge in [0.25, 0.3) is 0 Å². The number of carbonyl (C=O) groups excluding carboxylic acids is 1. The van der Waals surface area contributed by atoms with Crippen LogP contribution in [0.4, 0.5) is 10.2 Å². The zero-order valence-corrected chi connectivity index (χ0v) is 19.7. The minimum atomic E-state index is -2.93. The van der Waals surface area contributed by atoms with Crippen LogP contribution in [-0.4, -0.2) is 58.1 Å². The van der Waals surface area contributed by atoms with Gasteiger partial charge in [-0.25, -0.2) is 17.8 Å². The standard InChI is InChI=1S/C24H26FN5O3S/c1-16(31)27-22-14-18(6-9-26-22)23-21-15-29(20-7-12-34(32,33)13-8-20)10-11-30(21)28-24(23)17-2-4-19(25)5-3-17/h2-6,9,14,20H,7-8,10-13,15H2,1H3,(H,26,27,31). The molecule has 0 radical (unpaired) electrons. The van der Waals surface area contributed by atoms with Gasteiger partial charge in [-0.05, 0) is 54.8 Å². The van der Waals surface area contributed by atoms with Gasteiger partial charge in [0.05, 0.1) is 23.7 Å². The molecule has 178 valence electrons. The summed E-state index contributed by atoms with van der Waals surface area (Å²) in [5, 5.41) is 7.61. The van der Waals surface area contributed by atoms with Gasteiger partial charge in [-0.15, -0.1) is 0 Å². The van der Waals surface area contributed by atoms with E-state index in [-0.39, 0.29) is 29.3 Å². The summed E-state index contributed by atoms with van der Waals surface area (Å²) in [6.07, 6.45) is 2.92. The number of carbonyl (C=O) groups is 1. The van der Waals surface area contributed by atoms with Gasteiger partial charge in [0, 0.05) is 43.4 Å². The Labute approximate surface area is 197 Å². The Morgan fingerprint density at radius 3 is 2.53 bits per heavy atom. The van der Waals surface area contributed by atoms with Crippen molar-refractivity contribution in [3.8, 4) is 22.4 Å². The van der Waals surface area contributed by atoms with Crippen LogP contribution in [0.15, 0.2) is 42.6 Å². The van der Waals surface area contributed by atoms with Gasteiger partial charge in [0.2, 0.25) is 5.91 Å². The summed E-state index contributed by atoms with van der Waals surface area (Å²) in [6.45, 7) is 3.53. The van der Waals surface area contributed by atoms with Gasteiger partial charge >= 0.3 is 0 Å². The fourth-order valence-electron chi connectivity index (χ4n) is 4.84. The number of anilines is 1. The van der Waals surface area contributed by atoms with E-state index in [9.17, 15) is 17.6 Å². The van der Waals surface area contributed by atoms with E-state index in [1.54, 1.807) is 18.3 Å². The predicted octanol–water partition coefficient (Wildman–Crippen LogP) is 3.10. The maximum absolute atomic E-state index is 13.6. The fraction of sp³-hybridized carbons (Fsp3) is 0.375. The third kappa shape index (κ3) is 4.60. The molecule has 2 aromatic heterocycles. The van der Waals surface area contributed by atoms with Crippen molar-refractivity contribution in [2.24, 2.45) is 0 Å². The minimum Gasteiger partial charge on any atom is -0.311 e. The highest BCUT2D eigenvalue weighted by Gasteiger charge is 2.32. The lowest BCUT2D eigenvalue weighted by molar-refractivity contribution is -0.114. The number of hydrogen-bond donors (Lipinski definition) is 1. The fourth-order valence-corrected chi connectivity index (χ4v) is 6.31. The van der Waals surface area contributed by atoms with Crippen LogP contribution in [0.2, 0.25) is 0 Å². The number of pyridine rings is 1. The smallest absolute Gasteiger partial charge is 0.222 e. The number of fused-ring (bicyclic) bond motifs is 1. The van der Waals surface area contributed by atoms with Crippen LogP contribution in [0.1, 0.15) is 25.5 Å². The first-order chi connectivity index (χ1) is 16.3. The van der Waals surface area contributed by atoms with Crippen LogP contribution < -0.4 is 5.32 Å². The third-order valence-electron chi connectivity index (χ3n) is 6.52. The largest absolute Gasteiger partial charge is 0.311 e. The van der Waals surface area contributed by atoms with E-state index in [4.69, 9.17) is 5.10 Å². The molecule has 34 heavy (non-hydrogen) atoms. The quantitative estimate of drug-likeness (QED) is 0.613. The molecule has 1 amide bonds. The molecule has 0 saturated carbocycles. The highest BCUT2D eigenvalue weighted by atomic mass is 32.2. The van der Waals surface area contributed by atoms with Crippen LogP contribution in [-0.2, 0) is 27.7 Å². The van der Waals surface area contributed by atoms with Crippen molar-refractivity contribution >= 4 is 21.6 Å². The van der Waals surface area contributed by atoms with Crippen LogP contribution in [0.25, 0.3) is 22.4 Å². The molecule has 0 unspecified atom stereocenters. The molecule has 2 aliphatic rings. The molecule has 3 aromatic rings. The van der Waals surface area contributed by atoms with E-state index in [1.807, 2.05) is 16.8 Å². The molecule has 0 atom stereocenters. The summed E-state index contributed by atoms with van der Waals surface area (Å²) in [5.74, 6) is 0.375. The maximum Gasteiger partial charge on any atom is 0.222 e. The molecule has 5 rings (SSSR count). The van der Waals surface area contributed by atoms with E-state index in [0.717, 1.165) is 34.6 Å². The molecule has 4 heterocycles. The second kappa shape index (κ2) is 8.92. The Kier molecular flexibility index (Phi) is 5.95. The number of nitrogens with one attached hydrogen (secondary N) is 1. The molecule has 0 spiro atoms. The monoisotopic (exact) mass is 483 g/mol. The van der Waals surface area contributed by atoms with E-state index >= 15 is 0 Å². The highest BCUT2D eigenvalue weighted by Crippen LogP contribution is 2.38. The molecule has 1 saturated heterocycles. The van der Waals surface area contributed by atoms with E-state index in [1.165, 1.54) is 19.1 Å². The molecule has 0 aliphatic carbocycles. The van der Waals surface area contributed by atoms with E-state index in [2.05, 4.69) is 15.2 Å². The zero-order valence-electron chi connectivity index (χ0n) is 18.9. The van der Waals surface area contributed by atoms with Crippen LogP contribution in [0, 0.1) is 5.82 Å². The number of amides is 1. The van der Waals surface area contributed by atoms with Gasteiger partial charge in [0.1, 0.15) is 27.2 Å². The average molecular weight is 484 g/mol.